The van der Waals surface area contributed by atoms with Gasteiger partial charge in [-0.2, -0.15) is 0 Å². The van der Waals surface area contributed by atoms with E-state index in [1.54, 1.807) is 24.3 Å². The number of hydrogen-bond donors (Lipinski definition) is 1. The quantitative estimate of drug-likeness (QED) is 0.840. The summed E-state index contributed by atoms with van der Waals surface area (Å²) in [6, 6.07) is 12.7. The molecule has 2 aromatic rings. The predicted molar refractivity (Wildman–Crippen MR) is 74.0 cm³/mol. The van der Waals surface area contributed by atoms with E-state index in [1.807, 2.05) is 0 Å². The Hall–Kier alpha value is -1.19. The number of halogens is 2. The zero-order chi connectivity index (χ0) is 13.9. The molecule has 2 aromatic carbocycles. The number of rotatable bonds is 4. The van der Waals surface area contributed by atoms with Crippen LogP contribution in [0.15, 0.2) is 48.5 Å². The fraction of sp³-hybridized carbons (Fsp3) is 0. The highest BCUT2D eigenvalue weighted by Crippen LogP contribution is 2.47. The molecule has 1 N–H and O–H groups in total. The molecule has 0 radical (unpaired) electrons. The summed E-state index contributed by atoms with van der Waals surface area (Å²) in [5.41, 5.74) is 0. The molecule has 0 amide bonds. The molecule has 0 aliphatic carbocycles. The van der Waals surface area contributed by atoms with Crippen molar-refractivity contribution in [1.29, 1.82) is 0 Å². The summed E-state index contributed by atoms with van der Waals surface area (Å²) in [7, 11) is -4.33. The summed E-state index contributed by atoms with van der Waals surface area (Å²) in [6.45, 7) is 0. The summed E-state index contributed by atoms with van der Waals surface area (Å²) >= 11 is 11.6. The lowest BCUT2D eigenvalue weighted by Crippen LogP contribution is -2.00. The lowest BCUT2D eigenvalue weighted by atomic mass is 10.3. The summed E-state index contributed by atoms with van der Waals surface area (Å²) in [5.74, 6) is 0.197. The predicted octanol–water partition coefficient (Wildman–Crippen LogP) is 4.55. The van der Waals surface area contributed by atoms with E-state index in [1.165, 1.54) is 24.3 Å². The number of phosphoric ester groups is 1. The molecule has 19 heavy (non-hydrogen) atoms. The van der Waals surface area contributed by atoms with Gasteiger partial charge >= 0.3 is 7.82 Å². The van der Waals surface area contributed by atoms with Gasteiger partial charge in [0.15, 0.2) is 5.75 Å². The van der Waals surface area contributed by atoms with E-state index in [4.69, 9.17) is 32.2 Å². The van der Waals surface area contributed by atoms with Crippen LogP contribution in [0.5, 0.6) is 11.5 Å². The van der Waals surface area contributed by atoms with Gasteiger partial charge in [-0.25, -0.2) is 4.57 Å². The second-order valence-electron chi connectivity index (χ2n) is 3.52. The molecule has 0 spiro atoms. The van der Waals surface area contributed by atoms with Crippen LogP contribution in [0.2, 0.25) is 10.0 Å². The zero-order valence-electron chi connectivity index (χ0n) is 9.49. The van der Waals surface area contributed by atoms with Crippen LogP contribution >= 0.6 is 31.0 Å². The van der Waals surface area contributed by atoms with Crippen molar-refractivity contribution in [3.05, 3.63) is 58.6 Å². The topological polar surface area (TPSA) is 55.8 Å². The van der Waals surface area contributed by atoms with Crippen LogP contribution in [-0.4, -0.2) is 4.89 Å². The van der Waals surface area contributed by atoms with Gasteiger partial charge in [0.25, 0.3) is 0 Å². The normalized spacial score (nSPS) is 13.6. The number of benzene rings is 2. The number of para-hydroxylation sites is 1. The van der Waals surface area contributed by atoms with E-state index < -0.39 is 7.82 Å². The third-order valence-electron chi connectivity index (χ3n) is 2.09. The van der Waals surface area contributed by atoms with Gasteiger partial charge in [-0.1, -0.05) is 47.5 Å². The van der Waals surface area contributed by atoms with Gasteiger partial charge < -0.3 is 9.05 Å². The molecule has 7 heteroatoms. The first-order valence-corrected chi connectivity index (χ1v) is 7.44. The van der Waals surface area contributed by atoms with E-state index in [0.29, 0.717) is 0 Å². The van der Waals surface area contributed by atoms with Crippen molar-refractivity contribution in [2.24, 2.45) is 0 Å². The fourth-order valence-corrected chi connectivity index (χ4v) is 2.52. The first kappa shape index (κ1) is 14.2. The summed E-state index contributed by atoms with van der Waals surface area (Å²) in [5, 5.41) is 0.272. The molecular weight excluding hydrogens is 310 g/mol. The van der Waals surface area contributed by atoms with E-state index in [-0.39, 0.29) is 21.5 Å². The minimum Gasteiger partial charge on any atom is -0.395 e. The Morgan fingerprint density at radius 3 is 2.32 bits per heavy atom. The first-order chi connectivity index (χ1) is 8.98. The van der Waals surface area contributed by atoms with Gasteiger partial charge in [-0.15, -0.1) is 0 Å². The SMILES string of the molecule is O=P(O)(Oc1ccccc1)Oc1cccc(Cl)c1Cl. The Morgan fingerprint density at radius 2 is 1.63 bits per heavy atom. The van der Waals surface area contributed by atoms with Crippen molar-refractivity contribution in [2.75, 3.05) is 0 Å². The van der Waals surface area contributed by atoms with Crippen molar-refractivity contribution >= 4 is 31.0 Å². The molecule has 0 bridgehead atoms. The summed E-state index contributed by atoms with van der Waals surface area (Å²) in [4.78, 5) is 9.65. The maximum atomic E-state index is 11.8. The molecule has 100 valence electrons. The highest BCUT2D eigenvalue weighted by molar-refractivity contribution is 7.48. The van der Waals surface area contributed by atoms with Crippen molar-refractivity contribution in [3.63, 3.8) is 0 Å². The smallest absolute Gasteiger partial charge is 0.395 e. The summed E-state index contributed by atoms with van der Waals surface area (Å²) < 4.78 is 21.6. The first-order valence-electron chi connectivity index (χ1n) is 5.19. The molecule has 0 aromatic heterocycles. The van der Waals surface area contributed by atoms with Crippen molar-refractivity contribution < 1.29 is 18.5 Å². The molecule has 0 fully saturated rings. The van der Waals surface area contributed by atoms with Crippen LogP contribution in [0.1, 0.15) is 0 Å². The minimum absolute atomic E-state index is 0.0177. The Kier molecular flexibility index (Phi) is 4.38. The molecule has 0 heterocycles. The standard InChI is InChI=1S/C12H9Cl2O4P/c13-10-7-4-8-11(12(10)14)18-19(15,16)17-9-5-2-1-3-6-9/h1-8H,(H,15,16). The molecule has 0 aliphatic rings. The molecule has 0 saturated heterocycles. The fourth-order valence-electron chi connectivity index (χ4n) is 1.31. The van der Waals surface area contributed by atoms with E-state index in [0.717, 1.165) is 0 Å². The van der Waals surface area contributed by atoms with Crippen LogP contribution in [-0.2, 0) is 4.57 Å². The van der Waals surface area contributed by atoms with Crippen molar-refractivity contribution in [2.45, 2.75) is 0 Å². The molecule has 1 unspecified atom stereocenters. The molecular formula is C12H9Cl2O4P. The largest absolute Gasteiger partial charge is 0.584 e. The maximum absolute atomic E-state index is 11.8. The molecule has 0 saturated carbocycles. The van der Waals surface area contributed by atoms with E-state index in [2.05, 4.69) is 0 Å². The Morgan fingerprint density at radius 1 is 0.947 bits per heavy atom. The molecule has 1 atom stereocenters. The van der Waals surface area contributed by atoms with Crippen LogP contribution in [0.3, 0.4) is 0 Å². The van der Waals surface area contributed by atoms with Gasteiger partial charge in [0, 0.05) is 0 Å². The van der Waals surface area contributed by atoms with Crippen LogP contribution in [0.4, 0.5) is 0 Å². The molecule has 2 rings (SSSR count). The van der Waals surface area contributed by atoms with E-state index in [9.17, 15) is 9.46 Å². The highest BCUT2D eigenvalue weighted by Gasteiger charge is 2.26. The second-order valence-corrected chi connectivity index (χ2v) is 5.60. The lowest BCUT2D eigenvalue weighted by molar-refractivity contribution is 0.291. The minimum atomic E-state index is -4.33. The average Bonchev–Trinajstić information content (AvgIpc) is 2.35. The Balaban J connectivity index is 2.17. The molecule has 0 aliphatic heterocycles. The zero-order valence-corrected chi connectivity index (χ0v) is 11.9. The van der Waals surface area contributed by atoms with Gasteiger partial charge in [-0.05, 0) is 24.3 Å². The third-order valence-corrected chi connectivity index (χ3v) is 3.76. The van der Waals surface area contributed by atoms with Gasteiger partial charge in [0.1, 0.15) is 10.8 Å². The van der Waals surface area contributed by atoms with Crippen LogP contribution in [0, 0.1) is 0 Å². The lowest BCUT2D eigenvalue weighted by Gasteiger charge is -2.14. The van der Waals surface area contributed by atoms with Crippen molar-refractivity contribution in [1.82, 2.24) is 0 Å². The number of hydrogen-bond acceptors (Lipinski definition) is 3. The van der Waals surface area contributed by atoms with Gasteiger partial charge in [-0.3, -0.25) is 4.89 Å². The second kappa shape index (κ2) is 5.85. The van der Waals surface area contributed by atoms with Gasteiger partial charge in [0.05, 0.1) is 5.02 Å². The molecule has 4 nitrogen and oxygen atoms in total. The summed E-state index contributed by atoms with van der Waals surface area (Å²) in [6.07, 6.45) is 0. The van der Waals surface area contributed by atoms with Crippen molar-refractivity contribution in [3.8, 4) is 11.5 Å². The van der Waals surface area contributed by atoms with Crippen LogP contribution < -0.4 is 9.05 Å². The number of phosphoric acid groups is 1. The van der Waals surface area contributed by atoms with E-state index >= 15 is 0 Å². The monoisotopic (exact) mass is 318 g/mol. The Bertz CT molecular complexity index is 618. The van der Waals surface area contributed by atoms with Gasteiger partial charge in [0.2, 0.25) is 0 Å². The highest BCUT2D eigenvalue weighted by atomic mass is 35.5. The Labute approximate surface area is 120 Å². The maximum Gasteiger partial charge on any atom is 0.584 e. The third kappa shape index (κ3) is 3.88. The average molecular weight is 319 g/mol. The van der Waals surface area contributed by atoms with Crippen LogP contribution in [0.25, 0.3) is 0 Å².